The first-order valence-corrected chi connectivity index (χ1v) is 7.75. The van der Waals surface area contributed by atoms with Gasteiger partial charge in [0, 0.05) is 12.2 Å². The van der Waals surface area contributed by atoms with Gasteiger partial charge >= 0.3 is 0 Å². The van der Waals surface area contributed by atoms with Crippen molar-refractivity contribution in [3.8, 4) is 0 Å². The van der Waals surface area contributed by atoms with Crippen LogP contribution < -0.4 is 21.3 Å². The third kappa shape index (κ3) is 4.48. The first-order valence-electron chi connectivity index (χ1n) is 6.27. The average molecular weight is 300 g/mol. The van der Waals surface area contributed by atoms with Gasteiger partial charge < -0.3 is 10.7 Å². The lowest BCUT2D eigenvalue weighted by Gasteiger charge is -2.14. The maximum Gasteiger partial charge on any atom is 0.241 e. The zero-order valence-corrected chi connectivity index (χ0v) is 12.3. The van der Waals surface area contributed by atoms with E-state index in [1.165, 1.54) is 31.2 Å². The second-order valence-electron chi connectivity index (χ2n) is 4.30. The van der Waals surface area contributed by atoms with E-state index in [1.807, 2.05) is 6.92 Å². The normalized spacial score (nSPS) is 12.8. The van der Waals surface area contributed by atoms with Crippen LogP contribution in [0, 0.1) is 0 Å². The molecule has 0 saturated heterocycles. The number of hydrazine groups is 1. The summed E-state index contributed by atoms with van der Waals surface area (Å²) in [5, 5.41) is 2.63. The Morgan fingerprint density at radius 3 is 2.40 bits per heavy atom. The van der Waals surface area contributed by atoms with Crippen LogP contribution in [0.3, 0.4) is 0 Å². The van der Waals surface area contributed by atoms with Gasteiger partial charge in [0.15, 0.2) is 0 Å². The standard InChI is InChI=1S/C12H20N4O3S/c1-3-8-14-12(17)9(2)16-20(18,19)11-6-4-10(15-13)5-7-11/h4-7,9,15-16H,3,8,13H2,1-2H3,(H,14,17). The van der Waals surface area contributed by atoms with Crippen molar-refractivity contribution in [1.29, 1.82) is 0 Å². The summed E-state index contributed by atoms with van der Waals surface area (Å²) < 4.78 is 26.5. The molecule has 8 heteroatoms. The molecule has 1 atom stereocenters. The Balaban J connectivity index is 2.75. The Labute approximate surface area is 119 Å². The number of benzene rings is 1. The monoisotopic (exact) mass is 300 g/mol. The predicted molar refractivity (Wildman–Crippen MR) is 77.3 cm³/mol. The molecule has 1 rings (SSSR count). The third-order valence-corrected chi connectivity index (χ3v) is 4.16. The SMILES string of the molecule is CCCNC(=O)C(C)NS(=O)(=O)c1ccc(NN)cc1. The summed E-state index contributed by atoms with van der Waals surface area (Å²) in [6.07, 6.45) is 0.790. The van der Waals surface area contributed by atoms with E-state index in [2.05, 4.69) is 15.5 Å². The molecular weight excluding hydrogens is 280 g/mol. The summed E-state index contributed by atoms with van der Waals surface area (Å²) >= 11 is 0. The summed E-state index contributed by atoms with van der Waals surface area (Å²) in [4.78, 5) is 11.7. The van der Waals surface area contributed by atoms with E-state index in [-0.39, 0.29) is 10.8 Å². The van der Waals surface area contributed by atoms with E-state index in [0.717, 1.165) is 6.42 Å². The Kier molecular flexibility index (Phi) is 5.93. The minimum absolute atomic E-state index is 0.0756. The van der Waals surface area contributed by atoms with E-state index in [0.29, 0.717) is 12.2 Å². The number of hydrogen-bond donors (Lipinski definition) is 4. The summed E-state index contributed by atoms with van der Waals surface area (Å²) in [5.74, 6) is 4.86. The molecule has 0 heterocycles. The Hall–Kier alpha value is -1.64. The van der Waals surface area contributed by atoms with Crippen molar-refractivity contribution in [3.05, 3.63) is 24.3 Å². The highest BCUT2D eigenvalue weighted by Gasteiger charge is 2.21. The number of nitrogens with two attached hydrogens (primary N) is 1. The van der Waals surface area contributed by atoms with Gasteiger partial charge in [-0.1, -0.05) is 6.92 Å². The molecule has 0 fully saturated rings. The first kappa shape index (κ1) is 16.4. The van der Waals surface area contributed by atoms with Crippen LogP contribution in [-0.2, 0) is 14.8 Å². The fourth-order valence-electron chi connectivity index (χ4n) is 1.49. The van der Waals surface area contributed by atoms with Crippen LogP contribution >= 0.6 is 0 Å². The smallest absolute Gasteiger partial charge is 0.241 e. The van der Waals surface area contributed by atoms with Crippen LogP contribution in [0.5, 0.6) is 0 Å². The van der Waals surface area contributed by atoms with Gasteiger partial charge in [0.25, 0.3) is 0 Å². The Morgan fingerprint density at radius 1 is 1.30 bits per heavy atom. The summed E-state index contributed by atoms with van der Waals surface area (Å²) in [6.45, 7) is 3.93. The maximum atomic E-state index is 12.1. The lowest BCUT2D eigenvalue weighted by Crippen LogP contribution is -2.44. The van der Waals surface area contributed by atoms with Crippen molar-refractivity contribution >= 4 is 21.6 Å². The number of carbonyl (C=O) groups excluding carboxylic acids is 1. The van der Waals surface area contributed by atoms with Crippen LogP contribution in [0.25, 0.3) is 0 Å². The topological polar surface area (TPSA) is 113 Å². The maximum absolute atomic E-state index is 12.1. The highest BCUT2D eigenvalue weighted by Crippen LogP contribution is 2.13. The van der Waals surface area contributed by atoms with Crippen LogP contribution in [0.15, 0.2) is 29.2 Å². The van der Waals surface area contributed by atoms with Gasteiger partial charge in [-0.05, 0) is 37.6 Å². The first-order chi connectivity index (χ1) is 9.40. The molecule has 0 radical (unpaired) electrons. The molecule has 7 nitrogen and oxygen atoms in total. The third-order valence-electron chi connectivity index (χ3n) is 2.61. The zero-order valence-electron chi connectivity index (χ0n) is 11.5. The quantitative estimate of drug-likeness (QED) is 0.423. The van der Waals surface area contributed by atoms with Crippen molar-refractivity contribution in [2.75, 3.05) is 12.0 Å². The number of nitrogens with one attached hydrogen (secondary N) is 3. The van der Waals surface area contributed by atoms with Gasteiger partial charge in [-0.15, -0.1) is 0 Å². The summed E-state index contributed by atoms with van der Waals surface area (Å²) in [6, 6.07) is 5.06. The summed E-state index contributed by atoms with van der Waals surface area (Å²) in [7, 11) is -3.73. The second kappa shape index (κ2) is 7.22. The van der Waals surface area contributed by atoms with Crippen molar-refractivity contribution < 1.29 is 13.2 Å². The number of rotatable bonds is 7. The molecule has 0 saturated carbocycles. The van der Waals surface area contributed by atoms with Crippen molar-refractivity contribution in [2.24, 2.45) is 5.84 Å². The minimum Gasteiger partial charge on any atom is -0.355 e. The van der Waals surface area contributed by atoms with Crippen LogP contribution in [0.2, 0.25) is 0 Å². The minimum atomic E-state index is -3.73. The number of amides is 1. The van der Waals surface area contributed by atoms with Gasteiger partial charge in [0.05, 0.1) is 10.9 Å². The van der Waals surface area contributed by atoms with E-state index in [1.54, 1.807) is 0 Å². The molecule has 1 amide bonds. The predicted octanol–water partition coefficient (Wildman–Crippen LogP) is 0.165. The molecule has 0 spiro atoms. The molecule has 1 aromatic rings. The van der Waals surface area contributed by atoms with Gasteiger partial charge in [0.2, 0.25) is 15.9 Å². The van der Waals surface area contributed by atoms with Crippen molar-refractivity contribution in [3.63, 3.8) is 0 Å². The highest BCUT2D eigenvalue weighted by atomic mass is 32.2. The molecule has 0 aliphatic heterocycles. The van der Waals surface area contributed by atoms with E-state index < -0.39 is 16.1 Å². The van der Waals surface area contributed by atoms with Crippen molar-refractivity contribution in [2.45, 2.75) is 31.2 Å². The fourth-order valence-corrected chi connectivity index (χ4v) is 2.69. The fraction of sp³-hybridized carbons (Fsp3) is 0.417. The molecule has 0 aromatic heterocycles. The Bertz CT molecular complexity index is 542. The number of nitrogen functional groups attached to an aromatic ring is 1. The second-order valence-corrected chi connectivity index (χ2v) is 6.02. The highest BCUT2D eigenvalue weighted by molar-refractivity contribution is 7.89. The van der Waals surface area contributed by atoms with Gasteiger partial charge in [-0.2, -0.15) is 4.72 Å². The number of anilines is 1. The van der Waals surface area contributed by atoms with E-state index >= 15 is 0 Å². The number of sulfonamides is 1. The summed E-state index contributed by atoms with van der Waals surface area (Å²) in [5.41, 5.74) is 3.00. The molecule has 0 aliphatic rings. The molecular formula is C12H20N4O3S. The number of hydrogen-bond acceptors (Lipinski definition) is 5. The van der Waals surface area contributed by atoms with Gasteiger partial charge in [-0.3, -0.25) is 10.6 Å². The molecule has 1 unspecified atom stereocenters. The molecule has 20 heavy (non-hydrogen) atoms. The largest absolute Gasteiger partial charge is 0.355 e. The lowest BCUT2D eigenvalue weighted by atomic mass is 10.3. The zero-order chi connectivity index (χ0) is 15.2. The van der Waals surface area contributed by atoms with Crippen molar-refractivity contribution in [1.82, 2.24) is 10.0 Å². The molecule has 0 bridgehead atoms. The molecule has 112 valence electrons. The van der Waals surface area contributed by atoms with E-state index in [4.69, 9.17) is 5.84 Å². The van der Waals surface area contributed by atoms with Crippen LogP contribution in [0.1, 0.15) is 20.3 Å². The molecule has 5 N–H and O–H groups in total. The van der Waals surface area contributed by atoms with Gasteiger partial charge in [-0.25, -0.2) is 8.42 Å². The number of carbonyl (C=O) groups is 1. The Morgan fingerprint density at radius 2 is 1.90 bits per heavy atom. The van der Waals surface area contributed by atoms with Gasteiger partial charge in [0.1, 0.15) is 0 Å². The van der Waals surface area contributed by atoms with Crippen LogP contribution in [0.4, 0.5) is 5.69 Å². The lowest BCUT2D eigenvalue weighted by molar-refractivity contribution is -0.122. The van der Waals surface area contributed by atoms with Crippen LogP contribution in [-0.4, -0.2) is 26.9 Å². The van der Waals surface area contributed by atoms with E-state index in [9.17, 15) is 13.2 Å². The molecule has 0 aliphatic carbocycles. The average Bonchev–Trinajstić information content (AvgIpc) is 2.44. The molecule has 1 aromatic carbocycles.